The van der Waals surface area contributed by atoms with Crippen LogP contribution in [0, 0.1) is 15.9 Å². The van der Waals surface area contributed by atoms with Gasteiger partial charge in [0.2, 0.25) is 5.82 Å². The van der Waals surface area contributed by atoms with Gasteiger partial charge in [0.1, 0.15) is 11.5 Å². The van der Waals surface area contributed by atoms with Crippen LogP contribution < -0.4 is 4.74 Å². The van der Waals surface area contributed by atoms with Crippen LogP contribution in [0.5, 0.6) is 11.5 Å². The van der Waals surface area contributed by atoms with Crippen molar-refractivity contribution in [1.29, 1.82) is 0 Å². The summed E-state index contributed by atoms with van der Waals surface area (Å²) in [5.74, 6) is -2.08. The maximum absolute atomic E-state index is 13.4. The maximum Gasteiger partial charge on any atom is 0.335 e. The van der Waals surface area contributed by atoms with Gasteiger partial charge in [-0.05, 0) is 24.3 Å². The van der Waals surface area contributed by atoms with Crippen molar-refractivity contribution >= 4 is 23.3 Å². The zero-order valence-electron chi connectivity index (χ0n) is 10.2. The Labute approximate surface area is 122 Å². The molecule has 0 spiro atoms. The first-order valence-electron chi connectivity index (χ1n) is 5.53. The van der Waals surface area contributed by atoms with E-state index >= 15 is 0 Å². The quantitative estimate of drug-likeness (QED) is 0.683. The van der Waals surface area contributed by atoms with Crippen molar-refractivity contribution < 1.29 is 24.0 Å². The molecule has 0 saturated carbocycles. The van der Waals surface area contributed by atoms with E-state index in [1.165, 1.54) is 24.3 Å². The second kappa shape index (κ2) is 5.76. The molecule has 0 aromatic heterocycles. The van der Waals surface area contributed by atoms with Crippen molar-refractivity contribution in [2.75, 3.05) is 0 Å². The average Bonchev–Trinajstić information content (AvgIpc) is 2.40. The van der Waals surface area contributed by atoms with Crippen molar-refractivity contribution in [2.45, 2.75) is 0 Å². The molecule has 108 valence electrons. The molecule has 8 heteroatoms. The first kappa shape index (κ1) is 14.7. The summed E-state index contributed by atoms with van der Waals surface area (Å²) < 4.78 is 18.7. The molecule has 0 aliphatic carbocycles. The lowest BCUT2D eigenvalue weighted by atomic mass is 10.2. The Hall–Kier alpha value is -2.67. The first-order valence-corrected chi connectivity index (χ1v) is 5.91. The van der Waals surface area contributed by atoms with Gasteiger partial charge < -0.3 is 9.84 Å². The lowest BCUT2D eigenvalue weighted by molar-refractivity contribution is -0.387. The van der Waals surface area contributed by atoms with Gasteiger partial charge in [0, 0.05) is 12.1 Å². The summed E-state index contributed by atoms with van der Waals surface area (Å²) in [5, 5.41) is 19.3. The Morgan fingerprint density at radius 2 is 2.00 bits per heavy atom. The molecule has 0 atom stereocenters. The normalized spacial score (nSPS) is 10.2. The van der Waals surface area contributed by atoms with Gasteiger partial charge >= 0.3 is 11.7 Å². The van der Waals surface area contributed by atoms with Gasteiger partial charge in [0.05, 0.1) is 15.5 Å². The van der Waals surface area contributed by atoms with Gasteiger partial charge in [-0.15, -0.1) is 0 Å². The van der Waals surface area contributed by atoms with Crippen molar-refractivity contribution in [3.05, 3.63) is 62.9 Å². The van der Waals surface area contributed by atoms with Crippen LogP contribution in [0.3, 0.4) is 0 Å². The first-order chi connectivity index (χ1) is 9.88. The number of aromatic carboxylic acids is 1. The molecule has 2 rings (SSSR count). The molecule has 0 heterocycles. The summed E-state index contributed by atoms with van der Waals surface area (Å²) in [5.41, 5.74) is -0.697. The number of hydrogen-bond donors (Lipinski definition) is 1. The fourth-order valence-electron chi connectivity index (χ4n) is 1.54. The number of halogens is 2. The molecule has 0 radical (unpaired) electrons. The van der Waals surface area contributed by atoms with E-state index in [0.717, 1.165) is 12.1 Å². The third kappa shape index (κ3) is 3.26. The Morgan fingerprint density at radius 3 is 2.52 bits per heavy atom. The average molecular weight is 312 g/mol. The highest BCUT2D eigenvalue weighted by Crippen LogP contribution is 2.32. The molecule has 0 fully saturated rings. The Bertz CT molecular complexity index is 734. The molecule has 0 aliphatic rings. The highest BCUT2D eigenvalue weighted by Gasteiger charge is 2.15. The van der Waals surface area contributed by atoms with Crippen LogP contribution in [-0.2, 0) is 0 Å². The molecule has 2 aromatic carbocycles. The van der Waals surface area contributed by atoms with Crippen molar-refractivity contribution in [3.63, 3.8) is 0 Å². The van der Waals surface area contributed by atoms with Gasteiger partial charge in [-0.25, -0.2) is 4.79 Å². The summed E-state index contributed by atoms with van der Waals surface area (Å²) in [4.78, 5) is 20.4. The number of rotatable bonds is 4. The summed E-state index contributed by atoms with van der Waals surface area (Å²) in [6, 6.07) is 6.78. The van der Waals surface area contributed by atoms with Crippen LogP contribution in [0.2, 0.25) is 5.02 Å². The van der Waals surface area contributed by atoms with E-state index in [9.17, 15) is 19.3 Å². The second-order valence-electron chi connectivity index (χ2n) is 3.92. The molecule has 6 nitrogen and oxygen atoms in total. The molecule has 21 heavy (non-hydrogen) atoms. The van der Waals surface area contributed by atoms with Gasteiger partial charge in [0.15, 0.2) is 0 Å². The zero-order valence-corrected chi connectivity index (χ0v) is 11.0. The molecule has 0 amide bonds. The van der Waals surface area contributed by atoms with E-state index in [4.69, 9.17) is 21.4 Å². The highest BCUT2D eigenvalue weighted by atomic mass is 35.5. The van der Waals surface area contributed by atoms with Crippen LogP contribution in [0.4, 0.5) is 10.1 Å². The maximum atomic E-state index is 13.4. The molecule has 1 N–H and O–H groups in total. The van der Waals surface area contributed by atoms with Crippen molar-refractivity contribution in [2.24, 2.45) is 0 Å². The standard InChI is InChI=1S/C13H7ClFNO5/c14-9-5-7(13(17)18)1-4-12(9)21-8-2-3-11(16(19)20)10(15)6-8/h1-6H,(H,17,18). The minimum Gasteiger partial charge on any atom is -0.478 e. The molecular formula is C13H7ClFNO5. The topological polar surface area (TPSA) is 89.7 Å². The van der Waals surface area contributed by atoms with Gasteiger partial charge in [-0.2, -0.15) is 4.39 Å². The van der Waals surface area contributed by atoms with Gasteiger partial charge in [-0.1, -0.05) is 11.6 Å². The lowest BCUT2D eigenvalue weighted by Crippen LogP contribution is -1.97. The number of nitro benzene ring substituents is 1. The Balaban J connectivity index is 2.28. The molecule has 0 unspecified atom stereocenters. The molecule has 0 aliphatic heterocycles. The van der Waals surface area contributed by atoms with E-state index in [0.29, 0.717) is 0 Å². The monoisotopic (exact) mass is 311 g/mol. The number of carboxylic acid groups (broad SMARTS) is 1. The Morgan fingerprint density at radius 1 is 1.29 bits per heavy atom. The Kier molecular flexibility index (Phi) is 4.04. The molecule has 0 bridgehead atoms. The SMILES string of the molecule is O=C(O)c1ccc(Oc2ccc([N+](=O)[O-])c(F)c2)c(Cl)c1. The predicted molar refractivity (Wildman–Crippen MR) is 71.5 cm³/mol. The summed E-state index contributed by atoms with van der Waals surface area (Å²) >= 11 is 5.85. The number of carboxylic acids is 1. The van der Waals surface area contributed by atoms with Crippen molar-refractivity contribution in [3.8, 4) is 11.5 Å². The molecule has 0 saturated heterocycles. The number of nitrogens with zero attached hydrogens (tertiary/aromatic N) is 1. The van der Waals surface area contributed by atoms with E-state index in [2.05, 4.69) is 0 Å². The van der Waals surface area contributed by atoms with Crippen molar-refractivity contribution in [1.82, 2.24) is 0 Å². The summed E-state index contributed by atoms with van der Waals surface area (Å²) in [6.07, 6.45) is 0. The van der Waals surface area contributed by atoms with Crippen LogP contribution in [0.1, 0.15) is 10.4 Å². The third-order valence-corrected chi connectivity index (χ3v) is 2.82. The largest absolute Gasteiger partial charge is 0.478 e. The number of ether oxygens (including phenoxy) is 1. The second-order valence-corrected chi connectivity index (χ2v) is 4.33. The smallest absolute Gasteiger partial charge is 0.335 e. The van der Waals surface area contributed by atoms with Crippen LogP contribution in [-0.4, -0.2) is 16.0 Å². The highest BCUT2D eigenvalue weighted by molar-refractivity contribution is 6.32. The van der Waals surface area contributed by atoms with E-state index in [1.54, 1.807) is 0 Å². The number of benzene rings is 2. The summed E-state index contributed by atoms with van der Waals surface area (Å²) in [6.45, 7) is 0. The number of hydrogen-bond acceptors (Lipinski definition) is 4. The molecule has 2 aromatic rings. The van der Waals surface area contributed by atoms with Crippen LogP contribution >= 0.6 is 11.6 Å². The van der Waals surface area contributed by atoms with Crippen LogP contribution in [0.15, 0.2) is 36.4 Å². The predicted octanol–water partition coefficient (Wildman–Crippen LogP) is 3.88. The number of carbonyl (C=O) groups is 1. The van der Waals surface area contributed by atoms with Gasteiger partial charge in [-0.3, -0.25) is 10.1 Å². The van der Waals surface area contributed by atoms with Crippen LogP contribution in [0.25, 0.3) is 0 Å². The molecular weight excluding hydrogens is 305 g/mol. The minimum atomic E-state index is -1.15. The fourth-order valence-corrected chi connectivity index (χ4v) is 1.76. The fraction of sp³-hybridized carbons (Fsp3) is 0. The summed E-state index contributed by atoms with van der Waals surface area (Å²) in [7, 11) is 0. The van der Waals surface area contributed by atoms with E-state index in [-0.39, 0.29) is 22.1 Å². The zero-order chi connectivity index (χ0) is 15.6. The van der Waals surface area contributed by atoms with E-state index in [1.807, 2.05) is 0 Å². The van der Waals surface area contributed by atoms with Gasteiger partial charge in [0.25, 0.3) is 0 Å². The minimum absolute atomic E-state index is 0.00285. The number of nitro groups is 1. The lowest BCUT2D eigenvalue weighted by Gasteiger charge is -2.08. The third-order valence-electron chi connectivity index (χ3n) is 2.52. The van der Waals surface area contributed by atoms with E-state index < -0.39 is 22.4 Å².